The van der Waals surface area contributed by atoms with Crippen LogP contribution in [-0.4, -0.2) is 30.0 Å². The molecular weight excluding hydrogens is 420 g/mol. The van der Waals surface area contributed by atoms with Crippen molar-refractivity contribution >= 4 is 21.6 Å². The monoisotopic (exact) mass is 438 g/mol. The highest BCUT2D eigenvalue weighted by Crippen LogP contribution is 2.22. The Morgan fingerprint density at radius 1 is 0.900 bits per heavy atom. The van der Waals surface area contributed by atoms with Crippen molar-refractivity contribution in [2.24, 2.45) is 0 Å². The number of halogens is 1. The van der Waals surface area contributed by atoms with Gasteiger partial charge in [0.2, 0.25) is 10.0 Å². The molecule has 0 aliphatic heterocycles. The van der Waals surface area contributed by atoms with E-state index in [1.54, 1.807) is 16.8 Å². The summed E-state index contributed by atoms with van der Waals surface area (Å²) in [5.74, 6) is 0. The molecule has 4 aromatic rings. The Kier molecular flexibility index (Phi) is 5.94. The van der Waals surface area contributed by atoms with Gasteiger partial charge < -0.3 is 0 Å². The van der Waals surface area contributed by atoms with Gasteiger partial charge in [-0.1, -0.05) is 77.5 Å². The minimum Gasteiger partial charge on any atom is -0.243 e. The Morgan fingerprint density at radius 2 is 1.53 bits per heavy atom. The number of hydrogen-bond acceptors (Lipinski definition) is 4. The zero-order valence-corrected chi connectivity index (χ0v) is 17.5. The number of nitrogens with zero attached hydrogens (tertiary/aromatic N) is 3. The van der Waals surface area contributed by atoms with Gasteiger partial charge in [-0.05, 0) is 29.8 Å². The van der Waals surface area contributed by atoms with E-state index in [1.165, 1.54) is 12.1 Å². The number of rotatable bonds is 7. The molecule has 0 aliphatic carbocycles. The summed E-state index contributed by atoms with van der Waals surface area (Å²) in [6.45, 7) is 0.118. The third-order valence-electron chi connectivity index (χ3n) is 4.67. The van der Waals surface area contributed by atoms with Gasteiger partial charge in [-0.3, -0.25) is 0 Å². The summed E-state index contributed by atoms with van der Waals surface area (Å²) in [6.07, 6.45) is 1.82. The molecule has 0 saturated carbocycles. The first kappa shape index (κ1) is 20.3. The summed E-state index contributed by atoms with van der Waals surface area (Å²) in [7, 11) is -3.70. The molecule has 1 atom stereocenters. The van der Waals surface area contributed by atoms with Crippen LogP contribution < -0.4 is 4.72 Å². The predicted octanol–water partition coefficient (Wildman–Crippen LogP) is 4.17. The van der Waals surface area contributed by atoms with Crippen LogP contribution in [-0.2, 0) is 10.0 Å². The SMILES string of the molecule is O=S(=O)(NC[C@H](c1ccccc1)n1cc(-c2ccccc2)nn1)c1ccc(Cl)cc1. The van der Waals surface area contributed by atoms with Gasteiger partial charge in [-0.25, -0.2) is 17.8 Å². The molecule has 3 aromatic carbocycles. The predicted molar refractivity (Wildman–Crippen MR) is 117 cm³/mol. The summed E-state index contributed by atoms with van der Waals surface area (Å²) in [5, 5.41) is 9.01. The van der Waals surface area contributed by atoms with Crippen molar-refractivity contribution in [2.75, 3.05) is 6.54 Å². The summed E-state index contributed by atoms with van der Waals surface area (Å²) in [6, 6.07) is 25.0. The molecule has 8 heteroatoms. The van der Waals surface area contributed by atoms with Crippen LogP contribution in [0.2, 0.25) is 5.02 Å². The largest absolute Gasteiger partial charge is 0.243 e. The van der Waals surface area contributed by atoms with Gasteiger partial charge in [0.15, 0.2) is 0 Å². The number of benzene rings is 3. The molecule has 1 N–H and O–H groups in total. The Morgan fingerprint density at radius 3 is 2.20 bits per heavy atom. The fraction of sp³-hybridized carbons (Fsp3) is 0.0909. The van der Waals surface area contributed by atoms with Crippen LogP contribution in [0.15, 0.2) is 96.0 Å². The lowest BCUT2D eigenvalue weighted by atomic mass is 10.1. The van der Waals surface area contributed by atoms with Gasteiger partial charge in [0, 0.05) is 17.1 Å². The van der Waals surface area contributed by atoms with Crippen LogP contribution in [0.1, 0.15) is 11.6 Å². The molecular formula is C22H19ClN4O2S. The molecule has 0 fully saturated rings. The topological polar surface area (TPSA) is 76.9 Å². The lowest BCUT2D eigenvalue weighted by molar-refractivity contribution is 0.492. The Balaban J connectivity index is 1.62. The first-order chi connectivity index (χ1) is 14.5. The molecule has 1 aromatic heterocycles. The number of hydrogen-bond donors (Lipinski definition) is 1. The highest BCUT2D eigenvalue weighted by atomic mass is 35.5. The highest BCUT2D eigenvalue weighted by Gasteiger charge is 2.21. The summed E-state index contributed by atoms with van der Waals surface area (Å²) < 4.78 is 29.8. The number of sulfonamides is 1. The van der Waals surface area contributed by atoms with Crippen molar-refractivity contribution in [1.29, 1.82) is 0 Å². The molecule has 0 saturated heterocycles. The first-order valence-electron chi connectivity index (χ1n) is 9.30. The molecule has 4 rings (SSSR count). The average molecular weight is 439 g/mol. The maximum Gasteiger partial charge on any atom is 0.240 e. The Labute approximate surface area is 180 Å². The number of aromatic nitrogens is 3. The molecule has 30 heavy (non-hydrogen) atoms. The minimum atomic E-state index is -3.70. The lowest BCUT2D eigenvalue weighted by Gasteiger charge is -2.18. The quantitative estimate of drug-likeness (QED) is 0.470. The molecule has 0 aliphatic rings. The van der Waals surface area contributed by atoms with Gasteiger partial charge in [0.25, 0.3) is 0 Å². The van der Waals surface area contributed by atoms with Crippen molar-refractivity contribution < 1.29 is 8.42 Å². The van der Waals surface area contributed by atoms with Gasteiger partial charge in [-0.15, -0.1) is 5.10 Å². The maximum atomic E-state index is 12.7. The van der Waals surface area contributed by atoms with E-state index in [0.717, 1.165) is 16.8 Å². The van der Waals surface area contributed by atoms with Crippen LogP contribution in [0, 0.1) is 0 Å². The van der Waals surface area contributed by atoms with Crippen molar-refractivity contribution in [2.45, 2.75) is 10.9 Å². The lowest BCUT2D eigenvalue weighted by Crippen LogP contribution is -2.31. The molecule has 0 amide bonds. The van der Waals surface area contributed by atoms with Crippen LogP contribution >= 0.6 is 11.6 Å². The second-order valence-corrected chi connectivity index (χ2v) is 8.89. The number of nitrogens with one attached hydrogen (secondary N) is 1. The molecule has 1 heterocycles. The van der Waals surface area contributed by atoms with Crippen LogP contribution in [0.4, 0.5) is 0 Å². The molecule has 6 nitrogen and oxygen atoms in total. The fourth-order valence-corrected chi connectivity index (χ4v) is 4.26. The van der Waals surface area contributed by atoms with E-state index in [2.05, 4.69) is 15.0 Å². The Hall–Kier alpha value is -3.00. The molecule has 0 bridgehead atoms. The molecule has 0 spiro atoms. The van der Waals surface area contributed by atoms with E-state index in [1.807, 2.05) is 66.9 Å². The first-order valence-corrected chi connectivity index (χ1v) is 11.2. The van der Waals surface area contributed by atoms with E-state index in [-0.39, 0.29) is 17.5 Å². The second kappa shape index (κ2) is 8.79. The van der Waals surface area contributed by atoms with E-state index in [4.69, 9.17) is 11.6 Å². The van der Waals surface area contributed by atoms with Crippen LogP contribution in [0.25, 0.3) is 11.3 Å². The van der Waals surface area contributed by atoms with Crippen LogP contribution in [0.3, 0.4) is 0 Å². The van der Waals surface area contributed by atoms with Crippen molar-refractivity contribution in [1.82, 2.24) is 19.7 Å². The Bertz CT molecular complexity index is 1210. The van der Waals surface area contributed by atoms with Gasteiger partial charge in [0.1, 0.15) is 5.69 Å². The minimum absolute atomic E-state index is 0.118. The third kappa shape index (κ3) is 4.59. The summed E-state index contributed by atoms with van der Waals surface area (Å²) in [4.78, 5) is 0.155. The van der Waals surface area contributed by atoms with Gasteiger partial charge >= 0.3 is 0 Å². The van der Waals surface area contributed by atoms with E-state index < -0.39 is 10.0 Å². The van der Waals surface area contributed by atoms with Gasteiger partial charge in [-0.2, -0.15) is 0 Å². The van der Waals surface area contributed by atoms with E-state index in [9.17, 15) is 8.42 Å². The highest BCUT2D eigenvalue weighted by molar-refractivity contribution is 7.89. The smallest absolute Gasteiger partial charge is 0.240 e. The van der Waals surface area contributed by atoms with Crippen molar-refractivity contribution in [3.63, 3.8) is 0 Å². The fourth-order valence-electron chi connectivity index (χ4n) is 3.10. The normalized spacial score (nSPS) is 12.6. The third-order valence-corrected chi connectivity index (χ3v) is 6.37. The van der Waals surface area contributed by atoms with Crippen LogP contribution in [0.5, 0.6) is 0 Å². The summed E-state index contributed by atoms with van der Waals surface area (Å²) >= 11 is 5.87. The molecule has 0 unspecified atom stereocenters. The van der Waals surface area contributed by atoms with Gasteiger partial charge in [0.05, 0.1) is 17.1 Å². The molecule has 152 valence electrons. The summed E-state index contributed by atoms with van der Waals surface area (Å²) in [5.41, 5.74) is 2.58. The second-order valence-electron chi connectivity index (χ2n) is 6.68. The van der Waals surface area contributed by atoms with Crippen molar-refractivity contribution in [3.05, 3.63) is 102 Å². The average Bonchev–Trinajstić information content (AvgIpc) is 3.25. The standard InChI is InChI=1S/C22H19ClN4O2S/c23-19-11-13-20(14-12-19)30(28,29)24-15-22(18-9-5-2-6-10-18)27-16-21(25-26-27)17-7-3-1-4-8-17/h1-14,16,22,24H,15H2/t22-/m1/s1. The van der Waals surface area contributed by atoms with E-state index >= 15 is 0 Å². The van der Waals surface area contributed by atoms with E-state index in [0.29, 0.717) is 5.02 Å². The van der Waals surface area contributed by atoms with Crippen molar-refractivity contribution in [3.8, 4) is 11.3 Å². The zero-order chi connectivity index (χ0) is 21.0. The molecule has 0 radical (unpaired) electrons. The zero-order valence-electron chi connectivity index (χ0n) is 15.9. The maximum absolute atomic E-state index is 12.7.